The van der Waals surface area contributed by atoms with E-state index in [1.807, 2.05) is 0 Å². The van der Waals surface area contributed by atoms with E-state index in [1.54, 1.807) is 10.9 Å². The first-order chi connectivity index (χ1) is 6.36. The van der Waals surface area contributed by atoms with Gasteiger partial charge < -0.3 is 10.1 Å². The quantitative estimate of drug-likeness (QED) is 0.759. The third-order valence-corrected chi connectivity index (χ3v) is 2.52. The van der Waals surface area contributed by atoms with Gasteiger partial charge in [-0.3, -0.25) is 4.79 Å². The van der Waals surface area contributed by atoms with Crippen LogP contribution in [-0.2, 0) is 4.74 Å². The van der Waals surface area contributed by atoms with Crippen LogP contribution in [0.3, 0.4) is 0 Å². The largest absolute Gasteiger partial charge is 0.379 e. The summed E-state index contributed by atoms with van der Waals surface area (Å²) >= 11 is 1.42. The van der Waals surface area contributed by atoms with E-state index in [9.17, 15) is 4.79 Å². The molecule has 1 amide bonds. The number of amides is 1. The van der Waals surface area contributed by atoms with Crippen LogP contribution in [0.15, 0.2) is 10.9 Å². The number of hydrogen-bond donors (Lipinski definition) is 1. The van der Waals surface area contributed by atoms with Crippen molar-refractivity contribution in [2.75, 3.05) is 13.2 Å². The Morgan fingerprint density at radius 3 is 3.31 bits per heavy atom. The Labute approximate surface area is 79.9 Å². The average molecular weight is 198 g/mol. The lowest BCUT2D eigenvalue weighted by atomic mass is 10.2. The molecule has 1 aromatic heterocycles. The van der Waals surface area contributed by atoms with E-state index in [-0.39, 0.29) is 11.9 Å². The minimum atomic E-state index is -0.100. The number of carbonyl (C=O) groups is 1. The molecule has 1 aromatic rings. The highest BCUT2D eigenvalue weighted by atomic mass is 32.1. The van der Waals surface area contributed by atoms with E-state index in [2.05, 4.69) is 10.3 Å². The molecule has 1 aliphatic rings. The lowest BCUT2D eigenvalue weighted by molar-refractivity contribution is 0.0925. The van der Waals surface area contributed by atoms with E-state index in [1.165, 1.54) is 11.3 Å². The van der Waals surface area contributed by atoms with Crippen molar-refractivity contribution in [2.45, 2.75) is 12.5 Å². The van der Waals surface area contributed by atoms with Crippen molar-refractivity contribution in [3.8, 4) is 0 Å². The molecule has 1 fully saturated rings. The Morgan fingerprint density at radius 1 is 1.77 bits per heavy atom. The van der Waals surface area contributed by atoms with Crippen molar-refractivity contribution in [3.63, 3.8) is 0 Å². The molecule has 4 nitrogen and oxygen atoms in total. The fourth-order valence-corrected chi connectivity index (χ4v) is 1.76. The lowest BCUT2D eigenvalue weighted by Crippen LogP contribution is -2.35. The van der Waals surface area contributed by atoms with E-state index >= 15 is 0 Å². The summed E-state index contributed by atoms with van der Waals surface area (Å²) in [6.07, 6.45) is 0.899. The summed E-state index contributed by atoms with van der Waals surface area (Å²) in [4.78, 5) is 15.4. The number of carbonyl (C=O) groups excluding carboxylic acids is 1. The first-order valence-electron chi connectivity index (χ1n) is 4.13. The number of aromatic nitrogens is 1. The lowest BCUT2D eigenvalue weighted by Gasteiger charge is -2.08. The van der Waals surface area contributed by atoms with Crippen molar-refractivity contribution in [2.24, 2.45) is 0 Å². The molecule has 13 heavy (non-hydrogen) atoms. The van der Waals surface area contributed by atoms with Crippen LogP contribution in [0.25, 0.3) is 0 Å². The molecule has 5 heteroatoms. The van der Waals surface area contributed by atoms with Gasteiger partial charge in [0, 0.05) is 12.0 Å². The predicted octanol–water partition coefficient (Wildman–Crippen LogP) is 0.662. The third kappa shape index (κ3) is 2.05. The highest BCUT2D eigenvalue weighted by Crippen LogP contribution is 2.06. The Balaban J connectivity index is 1.91. The molecular formula is C8H10N2O2S. The molecule has 2 heterocycles. The Hall–Kier alpha value is -0.940. The molecule has 0 saturated carbocycles. The average Bonchev–Trinajstić information content (AvgIpc) is 2.74. The second kappa shape index (κ2) is 3.85. The zero-order valence-electron chi connectivity index (χ0n) is 7.03. The van der Waals surface area contributed by atoms with Crippen molar-refractivity contribution in [3.05, 3.63) is 16.6 Å². The number of ether oxygens (including phenoxy) is 1. The molecular weight excluding hydrogens is 188 g/mol. The molecule has 1 atom stereocenters. The smallest absolute Gasteiger partial charge is 0.271 e. The zero-order chi connectivity index (χ0) is 9.10. The second-order valence-electron chi connectivity index (χ2n) is 2.91. The van der Waals surface area contributed by atoms with E-state index < -0.39 is 0 Å². The minimum absolute atomic E-state index is 0.100. The standard InChI is InChI=1S/C8H10N2O2S/c11-8(7-4-13-5-9-7)10-6-1-2-12-3-6/h4-6H,1-3H2,(H,10,11). The van der Waals surface area contributed by atoms with Crippen molar-refractivity contribution >= 4 is 17.2 Å². The number of thiazole rings is 1. The minimum Gasteiger partial charge on any atom is -0.379 e. The van der Waals surface area contributed by atoms with Gasteiger partial charge in [0.05, 0.1) is 18.2 Å². The highest BCUT2D eigenvalue weighted by molar-refractivity contribution is 7.07. The molecule has 0 spiro atoms. The first kappa shape index (κ1) is 8.65. The number of nitrogens with zero attached hydrogens (tertiary/aromatic N) is 1. The van der Waals surface area contributed by atoms with Gasteiger partial charge in [-0.2, -0.15) is 0 Å². The molecule has 1 saturated heterocycles. The van der Waals surface area contributed by atoms with Crippen molar-refractivity contribution in [1.82, 2.24) is 10.3 Å². The Morgan fingerprint density at radius 2 is 2.69 bits per heavy atom. The van der Waals surface area contributed by atoms with Crippen LogP contribution in [0, 0.1) is 0 Å². The summed E-state index contributed by atoms with van der Waals surface area (Å²) in [6.45, 7) is 1.36. The molecule has 70 valence electrons. The van der Waals surface area contributed by atoms with Crippen molar-refractivity contribution in [1.29, 1.82) is 0 Å². The fraction of sp³-hybridized carbons (Fsp3) is 0.500. The van der Waals surface area contributed by atoms with Gasteiger partial charge in [0.15, 0.2) is 0 Å². The Kier molecular flexibility index (Phi) is 2.56. The summed E-state index contributed by atoms with van der Waals surface area (Å²) in [6, 6.07) is 0.161. The number of rotatable bonds is 2. The van der Waals surface area contributed by atoms with Crippen LogP contribution in [0.1, 0.15) is 16.9 Å². The van der Waals surface area contributed by atoms with Gasteiger partial charge in [-0.05, 0) is 6.42 Å². The summed E-state index contributed by atoms with van der Waals surface area (Å²) in [5.41, 5.74) is 2.15. The van der Waals surface area contributed by atoms with Gasteiger partial charge in [-0.1, -0.05) is 0 Å². The van der Waals surface area contributed by atoms with E-state index in [4.69, 9.17) is 4.74 Å². The summed E-state index contributed by atoms with van der Waals surface area (Å²) in [5, 5.41) is 4.60. The van der Waals surface area contributed by atoms with Crippen molar-refractivity contribution < 1.29 is 9.53 Å². The topological polar surface area (TPSA) is 51.2 Å². The predicted molar refractivity (Wildman–Crippen MR) is 48.8 cm³/mol. The van der Waals surface area contributed by atoms with Gasteiger partial charge >= 0.3 is 0 Å². The molecule has 1 aliphatic heterocycles. The molecule has 0 bridgehead atoms. The second-order valence-corrected chi connectivity index (χ2v) is 3.63. The summed E-state index contributed by atoms with van der Waals surface area (Å²) in [7, 11) is 0. The number of hydrogen-bond acceptors (Lipinski definition) is 4. The normalized spacial score (nSPS) is 21.7. The van der Waals surface area contributed by atoms with Crippen LogP contribution in [0.2, 0.25) is 0 Å². The van der Waals surface area contributed by atoms with Crippen LogP contribution in [0.5, 0.6) is 0 Å². The maximum absolute atomic E-state index is 11.4. The van der Waals surface area contributed by atoms with Crippen LogP contribution < -0.4 is 5.32 Å². The molecule has 1 N–H and O–H groups in total. The van der Waals surface area contributed by atoms with Gasteiger partial charge in [-0.25, -0.2) is 4.98 Å². The Bertz CT molecular complexity index is 280. The van der Waals surface area contributed by atoms with Crippen LogP contribution >= 0.6 is 11.3 Å². The van der Waals surface area contributed by atoms with Crippen LogP contribution in [0.4, 0.5) is 0 Å². The fourth-order valence-electron chi connectivity index (χ4n) is 1.23. The molecule has 0 aromatic carbocycles. The highest BCUT2D eigenvalue weighted by Gasteiger charge is 2.18. The maximum atomic E-state index is 11.4. The van der Waals surface area contributed by atoms with E-state index in [0.29, 0.717) is 12.3 Å². The summed E-state index contributed by atoms with van der Waals surface area (Å²) < 4.78 is 5.14. The van der Waals surface area contributed by atoms with Gasteiger partial charge in [0.25, 0.3) is 5.91 Å². The monoisotopic (exact) mass is 198 g/mol. The SMILES string of the molecule is O=C(NC1CCOC1)c1cscn1. The van der Waals surface area contributed by atoms with Gasteiger partial charge in [-0.15, -0.1) is 11.3 Å². The van der Waals surface area contributed by atoms with E-state index in [0.717, 1.165) is 13.0 Å². The number of nitrogens with one attached hydrogen (secondary N) is 1. The van der Waals surface area contributed by atoms with Gasteiger partial charge in [0.2, 0.25) is 0 Å². The first-order valence-corrected chi connectivity index (χ1v) is 5.07. The molecule has 0 aliphatic carbocycles. The molecule has 0 radical (unpaired) electrons. The molecule has 1 unspecified atom stereocenters. The third-order valence-electron chi connectivity index (χ3n) is 1.93. The van der Waals surface area contributed by atoms with Crippen LogP contribution in [-0.4, -0.2) is 30.1 Å². The zero-order valence-corrected chi connectivity index (χ0v) is 7.84. The maximum Gasteiger partial charge on any atom is 0.271 e. The molecule has 2 rings (SSSR count). The van der Waals surface area contributed by atoms with Gasteiger partial charge in [0.1, 0.15) is 5.69 Å². The summed E-state index contributed by atoms with van der Waals surface area (Å²) in [5.74, 6) is -0.100.